The number of aromatic hydroxyl groups is 1. The molecule has 1 saturated heterocycles. The Kier molecular flexibility index (Phi) is 4.87. The molecular weight excluding hydrogens is 322 g/mol. The number of phenolic OH excluding ortho intramolecular Hbond substituents is 1. The van der Waals surface area contributed by atoms with Gasteiger partial charge in [0.15, 0.2) is 0 Å². The molecule has 26 heavy (non-hydrogen) atoms. The molecule has 1 fully saturated rings. The molecule has 0 bridgehead atoms. The van der Waals surface area contributed by atoms with Gasteiger partial charge in [-0.3, -0.25) is 9.88 Å². The first-order valence-electron chi connectivity index (χ1n) is 9.34. The fourth-order valence-corrected chi connectivity index (χ4v) is 3.60. The third-order valence-electron chi connectivity index (χ3n) is 5.26. The van der Waals surface area contributed by atoms with E-state index in [2.05, 4.69) is 46.0 Å². The van der Waals surface area contributed by atoms with Gasteiger partial charge >= 0.3 is 0 Å². The summed E-state index contributed by atoms with van der Waals surface area (Å²) in [4.78, 5) is 9.69. The average Bonchev–Trinajstić information content (AvgIpc) is 2.69. The predicted octanol–water partition coefficient (Wildman–Crippen LogP) is 3.74. The van der Waals surface area contributed by atoms with E-state index in [1.807, 2.05) is 18.3 Å². The van der Waals surface area contributed by atoms with Crippen LogP contribution in [0.1, 0.15) is 12.5 Å². The van der Waals surface area contributed by atoms with Gasteiger partial charge in [-0.25, -0.2) is 0 Å². The highest BCUT2D eigenvalue weighted by molar-refractivity contribution is 5.87. The van der Waals surface area contributed by atoms with Gasteiger partial charge in [0.05, 0.1) is 5.69 Å². The molecule has 1 aliphatic heterocycles. The lowest BCUT2D eigenvalue weighted by Gasteiger charge is -2.33. The molecule has 2 aromatic carbocycles. The Morgan fingerprint density at radius 2 is 1.62 bits per heavy atom. The van der Waals surface area contributed by atoms with E-state index in [0.717, 1.165) is 61.3 Å². The maximum atomic E-state index is 9.59. The van der Waals surface area contributed by atoms with E-state index in [1.54, 1.807) is 12.1 Å². The number of phenols is 1. The van der Waals surface area contributed by atoms with E-state index >= 15 is 0 Å². The summed E-state index contributed by atoms with van der Waals surface area (Å²) in [6, 6.07) is 16.0. The molecule has 1 aliphatic rings. The van der Waals surface area contributed by atoms with Crippen molar-refractivity contribution < 1.29 is 5.11 Å². The number of nitrogens with zero attached hydrogens (tertiary/aromatic N) is 3. The summed E-state index contributed by atoms with van der Waals surface area (Å²) < 4.78 is 0. The SMILES string of the molecule is CCN1CCN(Cc2ccc(-c3ccc4cc(O)ccc4c3)nc2)CC1. The molecule has 1 aromatic heterocycles. The van der Waals surface area contributed by atoms with Gasteiger partial charge < -0.3 is 10.0 Å². The number of likely N-dealkylation sites (N-methyl/N-ethyl adjacent to an activating group) is 1. The van der Waals surface area contributed by atoms with Crippen LogP contribution in [0, 0.1) is 0 Å². The van der Waals surface area contributed by atoms with Crippen LogP contribution in [0.5, 0.6) is 5.75 Å². The molecule has 0 spiro atoms. The van der Waals surface area contributed by atoms with Gasteiger partial charge in [0.2, 0.25) is 0 Å². The normalized spacial score (nSPS) is 16.2. The fourth-order valence-electron chi connectivity index (χ4n) is 3.60. The molecule has 0 aliphatic carbocycles. The topological polar surface area (TPSA) is 39.6 Å². The van der Waals surface area contributed by atoms with E-state index in [0.29, 0.717) is 5.75 Å². The van der Waals surface area contributed by atoms with E-state index in [1.165, 1.54) is 5.56 Å². The predicted molar refractivity (Wildman–Crippen MR) is 106 cm³/mol. The summed E-state index contributed by atoms with van der Waals surface area (Å²) in [5.74, 6) is 0.299. The van der Waals surface area contributed by atoms with Gasteiger partial charge in [-0.05, 0) is 47.1 Å². The fraction of sp³-hybridized carbons (Fsp3) is 0.318. The second kappa shape index (κ2) is 7.44. The lowest BCUT2D eigenvalue weighted by molar-refractivity contribution is 0.132. The Labute approximate surface area is 154 Å². The molecule has 4 heteroatoms. The Hall–Kier alpha value is -2.43. The van der Waals surface area contributed by atoms with Gasteiger partial charge in [0.1, 0.15) is 5.75 Å². The zero-order valence-electron chi connectivity index (χ0n) is 15.2. The van der Waals surface area contributed by atoms with Crippen molar-refractivity contribution in [3.63, 3.8) is 0 Å². The lowest BCUT2D eigenvalue weighted by Crippen LogP contribution is -2.45. The number of aromatic nitrogens is 1. The third-order valence-corrected chi connectivity index (χ3v) is 5.26. The minimum Gasteiger partial charge on any atom is -0.508 e. The molecule has 0 unspecified atom stereocenters. The van der Waals surface area contributed by atoms with Crippen molar-refractivity contribution in [1.82, 2.24) is 14.8 Å². The second-order valence-corrected chi connectivity index (χ2v) is 7.01. The van der Waals surface area contributed by atoms with Gasteiger partial charge in [-0.15, -0.1) is 0 Å². The Morgan fingerprint density at radius 3 is 2.35 bits per heavy atom. The number of benzene rings is 2. The largest absolute Gasteiger partial charge is 0.508 e. The second-order valence-electron chi connectivity index (χ2n) is 7.01. The lowest BCUT2D eigenvalue weighted by atomic mass is 10.0. The Balaban J connectivity index is 1.46. The standard InChI is InChI=1S/C22H25N3O/c1-2-24-9-11-25(12-10-24)16-17-3-8-22(23-15-17)20-5-4-19-14-21(26)7-6-18(19)13-20/h3-8,13-15,26H,2,9-12,16H2,1H3. The highest BCUT2D eigenvalue weighted by Crippen LogP contribution is 2.26. The van der Waals surface area contributed by atoms with Crippen molar-refractivity contribution >= 4 is 10.8 Å². The van der Waals surface area contributed by atoms with Crippen molar-refractivity contribution in [2.75, 3.05) is 32.7 Å². The molecule has 0 saturated carbocycles. The van der Waals surface area contributed by atoms with Gasteiger partial charge in [0, 0.05) is 44.5 Å². The number of piperazine rings is 1. The number of rotatable bonds is 4. The first-order chi connectivity index (χ1) is 12.7. The molecule has 1 N–H and O–H groups in total. The Bertz CT molecular complexity index is 884. The van der Waals surface area contributed by atoms with Crippen LogP contribution in [0.2, 0.25) is 0 Å². The van der Waals surface area contributed by atoms with Crippen LogP contribution in [-0.4, -0.2) is 52.6 Å². The Morgan fingerprint density at radius 1 is 0.885 bits per heavy atom. The molecule has 0 atom stereocenters. The number of fused-ring (bicyclic) bond motifs is 1. The summed E-state index contributed by atoms with van der Waals surface area (Å²) in [6.45, 7) is 8.94. The van der Waals surface area contributed by atoms with Crippen molar-refractivity contribution in [3.05, 3.63) is 60.3 Å². The van der Waals surface area contributed by atoms with Crippen LogP contribution in [0.15, 0.2) is 54.7 Å². The van der Waals surface area contributed by atoms with E-state index in [-0.39, 0.29) is 0 Å². The van der Waals surface area contributed by atoms with Crippen molar-refractivity contribution in [2.24, 2.45) is 0 Å². The summed E-state index contributed by atoms with van der Waals surface area (Å²) in [7, 11) is 0. The molecule has 4 nitrogen and oxygen atoms in total. The van der Waals surface area contributed by atoms with Gasteiger partial charge in [-0.1, -0.05) is 31.2 Å². The van der Waals surface area contributed by atoms with Crippen LogP contribution in [0.25, 0.3) is 22.0 Å². The quantitative estimate of drug-likeness (QED) is 0.780. The zero-order valence-corrected chi connectivity index (χ0v) is 15.2. The van der Waals surface area contributed by atoms with Crippen LogP contribution in [0.3, 0.4) is 0 Å². The average molecular weight is 347 g/mol. The maximum Gasteiger partial charge on any atom is 0.116 e. The van der Waals surface area contributed by atoms with Crippen molar-refractivity contribution in [1.29, 1.82) is 0 Å². The first kappa shape index (κ1) is 17.0. The number of hydrogen-bond acceptors (Lipinski definition) is 4. The highest BCUT2D eigenvalue weighted by Gasteiger charge is 2.15. The maximum absolute atomic E-state index is 9.59. The molecule has 0 amide bonds. The van der Waals surface area contributed by atoms with Crippen molar-refractivity contribution in [3.8, 4) is 17.0 Å². The van der Waals surface area contributed by atoms with Crippen molar-refractivity contribution in [2.45, 2.75) is 13.5 Å². The summed E-state index contributed by atoms with van der Waals surface area (Å²) in [6.07, 6.45) is 2.00. The summed E-state index contributed by atoms with van der Waals surface area (Å²) >= 11 is 0. The van der Waals surface area contributed by atoms with Crippen LogP contribution in [-0.2, 0) is 6.54 Å². The smallest absolute Gasteiger partial charge is 0.116 e. The zero-order chi connectivity index (χ0) is 17.9. The summed E-state index contributed by atoms with van der Waals surface area (Å²) in [5.41, 5.74) is 3.36. The van der Waals surface area contributed by atoms with E-state index in [9.17, 15) is 5.11 Å². The highest BCUT2D eigenvalue weighted by atomic mass is 16.3. The minimum atomic E-state index is 0.299. The van der Waals surface area contributed by atoms with E-state index in [4.69, 9.17) is 0 Å². The molecule has 3 aromatic rings. The minimum absolute atomic E-state index is 0.299. The molecule has 134 valence electrons. The molecular formula is C22H25N3O. The van der Waals surface area contributed by atoms with Crippen LogP contribution in [0.4, 0.5) is 0 Å². The molecule has 2 heterocycles. The van der Waals surface area contributed by atoms with Crippen LogP contribution < -0.4 is 0 Å². The molecule has 0 radical (unpaired) electrons. The molecule has 4 rings (SSSR count). The van der Waals surface area contributed by atoms with Gasteiger partial charge in [-0.2, -0.15) is 0 Å². The number of pyridine rings is 1. The first-order valence-corrected chi connectivity index (χ1v) is 9.34. The van der Waals surface area contributed by atoms with Crippen LogP contribution >= 0.6 is 0 Å². The van der Waals surface area contributed by atoms with E-state index < -0.39 is 0 Å². The van der Waals surface area contributed by atoms with Gasteiger partial charge in [0.25, 0.3) is 0 Å². The monoisotopic (exact) mass is 347 g/mol. The third kappa shape index (κ3) is 3.71. The summed E-state index contributed by atoms with van der Waals surface area (Å²) in [5, 5.41) is 11.7. The number of hydrogen-bond donors (Lipinski definition) is 1.